The Bertz CT molecular complexity index is 1530. The SMILES string of the molecule is COc1c(P(c2cc(C)cc(C(C)(C)C)c2O)c2ccc3ccccc3c2OC)ccc2ccccc12. The number of rotatable bonds is 5. The van der Waals surface area contributed by atoms with Crippen LogP contribution in [-0.4, -0.2) is 19.3 Å². The summed E-state index contributed by atoms with van der Waals surface area (Å²) in [6.07, 6.45) is 0. The van der Waals surface area contributed by atoms with Crippen LogP contribution in [0, 0.1) is 6.92 Å². The van der Waals surface area contributed by atoms with E-state index < -0.39 is 7.92 Å². The number of aromatic hydroxyl groups is 1. The molecule has 0 fully saturated rings. The molecule has 0 unspecified atom stereocenters. The first-order valence-electron chi connectivity index (χ1n) is 12.5. The third-order valence-corrected chi connectivity index (χ3v) is 9.38. The van der Waals surface area contributed by atoms with Crippen molar-refractivity contribution in [1.82, 2.24) is 0 Å². The molecule has 5 aromatic carbocycles. The minimum absolute atomic E-state index is 0.215. The first kappa shape index (κ1) is 25.1. The van der Waals surface area contributed by atoms with Gasteiger partial charge in [0, 0.05) is 32.2 Å². The van der Waals surface area contributed by atoms with E-state index in [1.54, 1.807) is 14.2 Å². The van der Waals surface area contributed by atoms with Gasteiger partial charge >= 0.3 is 0 Å². The Balaban J connectivity index is 1.91. The van der Waals surface area contributed by atoms with Gasteiger partial charge < -0.3 is 14.6 Å². The van der Waals surface area contributed by atoms with Gasteiger partial charge in [-0.25, -0.2) is 0 Å². The average molecular weight is 509 g/mol. The Hall–Kier alpha value is -3.55. The van der Waals surface area contributed by atoms with E-state index in [0.29, 0.717) is 5.75 Å². The van der Waals surface area contributed by atoms with Gasteiger partial charge in [-0.2, -0.15) is 0 Å². The summed E-state index contributed by atoms with van der Waals surface area (Å²) in [5.74, 6) is 2.00. The number of phenols is 1. The van der Waals surface area contributed by atoms with Crippen LogP contribution < -0.4 is 25.4 Å². The smallest absolute Gasteiger partial charge is 0.135 e. The minimum Gasteiger partial charge on any atom is -0.507 e. The van der Waals surface area contributed by atoms with Crippen molar-refractivity contribution in [3.63, 3.8) is 0 Å². The first-order chi connectivity index (χ1) is 17.7. The van der Waals surface area contributed by atoms with Crippen LogP contribution in [0.5, 0.6) is 17.2 Å². The van der Waals surface area contributed by atoms with Crippen molar-refractivity contribution in [2.75, 3.05) is 14.2 Å². The van der Waals surface area contributed by atoms with E-state index in [-0.39, 0.29) is 5.41 Å². The summed E-state index contributed by atoms with van der Waals surface area (Å²) in [5.41, 5.74) is 1.84. The quantitative estimate of drug-likeness (QED) is 0.258. The predicted molar refractivity (Wildman–Crippen MR) is 158 cm³/mol. The van der Waals surface area contributed by atoms with E-state index in [1.165, 1.54) is 0 Å². The maximum absolute atomic E-state index is 11.8. The minimum atomic E-state index is -1.25. The summed E-state index contributed by atoms with van der Waals surface area (Å²) in [7, 11) is 2.21. The van der Waals surface area contributed by atoms with Gasteiger partial charge in [-0.1, -0.05) is 87.5 Å². The Morgan fingerprint density at radius 1 is 0.649 bits per heavy atom. The molecule has 0 aromatic heterocycles. The zero-order valence-electron chi connectivity index (χ0n) is 22.3. The summed E-state index contributed by atoms with van der Waals surface area (Å²) in [4.78, 5) is 0. The highest BCUT2D eigenvalue weighted by atomic mass is 31.1. The van der Waals surface area contributed by atoms with Gasteiger partial charge in [0.15, 0.2) is 0 Å². The highest BCUT2D eigenvalue weighted by Crippen LogP contribution is 2.47. The predicted octanol–water partition coefficient (Wildman–Crippen LogP) is 7.08. The summed E-state index contributed by atoms with van der Waals surface area (Å²) in [6, 6.07) is 29.4. The summed E-state index contributed by atoms with van der Waals surface area (Å²) in [6.45, 7) is 8.52. The molecule has 0 saturated heterocycles. The maximum Gasteiger partial charge on any atom is 0.135 e. The van der Waals surface area contributed by atoms with E-state index in [4.69, 9.17) is 9.47 Å². The van der Waals surface area contributed by atoms with Gasteiger partial charge in [0.1, 0.15) is 17.2 Å². The second kappa shape index (κ2) is 9.72. The molecule has 0 saturated carbocycles. The molecule has 5 aromatic rings. The lowest BCUT2D eigenvalue weighted by molar-refractivity contribution is 0.422. The lowest BCUT2D eigenvalue weighted by Gasteiger charge is -2.29. The second-order valence-electron chi connectivity index (χ2n) is 10.4. The molecular weight excluding hydrogens is 475 g/mol. The fourth-order valence-corrected chi connectivity index (χ4v) is 7.86. The Morgan fingerprint density at radius 2 is 1.14 bits per heavy atom. The molecule has 0 aliphatic carbocycles. The number of fused-ring (bicyclic) bond motifs is 2. The van der Waals surface area contributed by atoms with Gasteiger partial charge in [-0.3, -0.25) is 0 Å². The molecule has 1 N–H and O–H groups in total. The second-order valence-corrected chi connectivity index (χ2v) is 12.6. The van der Waals surface area contributed by atoms with Crippen molar-refractivity contribution in [1.29, 1.82) is 0 Å². The molecule has 0 heterocycles. The molecule has 0 bridgehead atoms. The van der Waals surface area contributed by atoms with Gasteiger partial charge in [0.25, 0.3) is 0 Å². The lowest BCUT2D eigenvalue weighted by atomic mass is 9.85. The van der Waals surface area contributed by atoms with Gasteiger partial charge in [0.2, 0.25) is 0 Å². The largest absolute Gasteiger partial charge is 0.507 e. The van der Waals surface area contributed by atoms with Gasteiger partial charge in [0.05, 0.1) is 14.2 Å². The van der Waals surface area contributed by atoms with Crippen LogP contribution in [0.4, 0.5) is 0 Å². The maximum atomic E-state index is 11.8. The number of benzene rings is 5. The molecule has 0 spiro atoms. The lowest BCUT2D eigenvalue weighted by Crippen LogP contribution is -2.26. The van der Waals surface area contributed by atoms with Gasteiger partial charge in [-0.15, -0.1) is 0 Å². The number of aryl methyl sites for hydroxylation is 1. The molecule has 3 nitrogen and oxygen atoms in total. The van der Waals surface area contributed by atoms with Crippen LogP contribution in [0.3, 0.4) is 0 Å². The third-order valence-electron chi connectivity index (χ3n) is 6.89. The number of methoxy groups -OCH3 is 2. The van der Waals surface area contributed by atoms with E-state index in [9.17, 15) is 5.11 Å². The van der Waals surface area contributed by atoms with Crippen molar-refractivity contribution < 1.29 is 14.6 Å². The normalized spacial score (nSPS) is 11.9. The summed E-state index contributed by atoms with van der Waals surface area (Å²) < 4.78 is 12.2. The average Bonchev–Trinajstić information content (AvgIpc) is 2.89. The van der Waals surface area contributed by atoms with Crippen molar-refractivity contribution in [3.05, 3.63) is 96.1 Å². The van der Waals surface area contributed by atoms with E-state index in [0.717, 1.165) is 60.1 Å². The molecule has 188 valence electrons. The van der Waals surface area contributed by atoms with Gasteiger partial charge in [-0.05, 0) is 54.8 Å². The molecule has 5 rings (SSSR count). The molecule has 0 aliphatic heterocycles. The highest BCUT2D eigenvalue weighted by molar-refractivity contribution is 7.80. The van der Waals surface area contributed by atoms with Crippen molar-refractivity contribution in [3.8, 4) is 17.2 Å². The van der Waals surface area contributed by atoms with Crippen LogP contribution in [0.1, 0.15) is 31.9 Å². The third kappa shape index (κ3) is 4.43. The van der Waals surface area contributed by atoms with Crippen molar-refractivity contribution in [2.24, 2.45) is 0 Å². The molecule has 0 radical (unpaired) electrons. The highest BCUT2D eigenvalue weighted by Gasteiger charge is 2.31. The van der Waals surface area contributed by atoms with Crippen molar-refractivity contribution in [2.45, 2.75) is 33.1 Å². The van der Waals surface area contributed by atoms with Crippen LogP contribution in [0.25, 0.3) is 21.5 Å². The van der Waals surface area contributed by atoms with Crippen molar-refractivity contribution >= 4 is 45.4 Å². The molecule has 0 aliphatic rings. The first-order valence-corrected chi connectivity index (χ1v) is 13.8. The Morgan fingerprint density at radius 3 is 1.59 bits per heavy atom. The molecule has 0 amide bonds. The monoisotopic (exact) mass is 508 g/mol. The fourth-order valence-electron chi connectivity index (χ4n) is 5.14. The fraction of sp³-hybridized carbons (Fsp3) is 0.212. The van der Waals surface area contributed by atoms with Crippen LogP contribution in [0.2, 0.25) is 0 Å². The summed E-state index contributed by atoms with van der Waals surface area (Å²) in [5, 5.41) is 19.2. The summed E-state index contributed by atoms with van der Waals surface area (Å²) >= 11 is 0. The zero-order valence-corrected chi connectivity index (χ0v) is 23.2. The van der Waals surface area contributed by atoms with Crippen LogP contribution in [0.15, 0.2) is 84.9 Å². The molecule has 4 heteroatoms. The van der Waals surface area contributed by atoms with Crippen LogP contribution >= 0.6 is 7.92 Å². The van der Waals surface area contributed by atoms with Crippen LogP contribution in [-0.2, 0) is 5.41 Å². The van der Waals surface area contributed by atoms with E-state index in [1.807, 2.05) is 24.3 Å². The molecule has 37 heavy (non-hydrogen) atoms. The Kier molecular flexibility index (Phi) is 6.60. The number of phenolic OH excluding ortho intramolecular Hbond substituents is 1. The topological polar surface area (TPSA) is 38.7 Å². The zero-order chi connectivity index (χ0) is 26.3. The van der Waals surface area contributed by atoms with E-state index in [2.05, 4.69) is 88.4 Å². The number of hydrogen-bond donors (Lipinski definition) is 1. The molecule has 0 atom stereocenters. The van der Waals surface area contributed by atoms with E-state index >= 15 is 0 Å². The Labute approximate surface area is 220 Å². The molecular formula is C33H33O3P. The standard InChI is InChI=1S/C33H33O3P/c1-21-19-26(33(2,3)4)30(34)29(20-21)37(27-17-15-22-11-7-9-13-24(22)31(27)35-5)28-18-16-23-12-8-10-14-25(23)32(28)36-6/h7-20,34H,1-6H3. The number of hydrogen-bond acceptors (Lipinski definition) is 3. The number of ether oxygens (including phenoxy) is 2.